The summed E-state index contributed by atoms with van der Waals surface area (Å²) in [5.74, 6) is 0. The summed E-state index contributed by atoms with van der Waals surface area (Å²) in [6, 6.07) is 0. The monoisotopic (exact) mass is 1280 g/mol. The molecule has 10 bridgehead atoms. The van der Waals surface area contributed by atoms with Crippen LogP contribution in [0.1, 0.15) is 201 Å². The maximum atomic E-state index is 6.16. The molecule has 10 rings (SSSR count). The van der Waals surface area contributed by atoms with Crippen LogP contribution in [0.2, 0.25) is 0 Å². The Hall–Kier alpha value is -0.800. The third-order valence-corrected chi connectivity index (χ3v) is 18.4. The first-order chi connectivity index (χ1) is 41.3. The van der Waals surface area contributed by atoms with E-state index in [-0.39, 0.29) is 165 Å². The van der Waals surface area contributed by atoms with Gasteiger partial charge in [0, 0.05) is 0 Å². The molecule has 0 aromatic carbocycles. The fourth-order valence-electron chi connectivity index (χ4n) is 14.6. The van der Waals surface area contributed by atoms with E-state index in [1.165, 1.54) is 0 Å². The van der Waals surface area contributed by atoms with Crippen molar-refractivity contribution < 1.29 is 94.7 Å². The highest BCUT2D eigenvalue weighted by molar-refractivity contribution is 5.18. The van der Waals surface area contributed by atoms with E-state index in [9.17, 15) is 0 Å². The standard InChI is InChI=1S/4C14H26O4.C13H24O4/c1-9(2)15-7-14-8-16-12(11(5)18-14)13(14,6)17-10(3)4;2*1-8(2)16-11(6)14-7-15-12(10(5)18-14)13(14)17-9(3)4;1-8(2)15-7-14-11(6)17-12(10(5)18-14)13(14)16-9(3)4;1-8(2)14-6-13-7-15-11(10(5)17-13)12(13)16-9(3)4/h9-12H,7-8H2,1-6H3;3*8-13H,7H2,1-6H3;8-12H,6-7H2,1-5H3/t11-,12+,13+,14+;10-,11+,12+,13+,14-;10-,11-,12+,13+,14-;10-,11?,12+,13+,14+;10-,11+,12+,13+/m00000/s1. The molecule has 0 amide bonds. The quantitative estimate of drug-likeness (QED) is 0.0840. The van der Waals surface area contributed by atoms with Gasteiger partial charge in [0.2, 0.25) is 0 Å². The molecule has 0 spiro atoms. The summed E-state index contributed by atoms with van der Waals surface area (Å²) < 4.78 is 119. The molecule has 524 valence electrons. The van der Waals surface area contributed by atoms with Crippen molar-refractivity contribution in [1.82, 2.24) is 0 Å². The molecule has 0 radical (unpaired) electrons. The highest BCUT2D eigenvalue weighted by Crippen LogP contribution is 2.52. The molecule has 0 N–H and O–H groups in total. The van der Waals surface area contributed by atoms with Crippen LogP contribution < -0.4 is 0 Å². The lowest BCUT2D eigenvalue weighted by Crippen LogP contribution is -2.56. The fraction of sp³-hybridized carbons (Fsp3) is 1.00. The van der Waals surface area contributed by atoms with Gasteiger partial charge in [-0.2, -0.15) is 0 Å². The summed E-state index contributed by atoms with van der Waals surface area (Å²) in [6.07, 6.45) is 2.09. The van der Waals surface area contributed by atoms with E-state index in [1.54, 1.807) is 0 Å². The largest absolute Gasteiger partial charge is 0.376 e. The van der Waals surface area contributed by atoms with E-state index in [2.05, 4.69) is 20.8 Å². The zero-order valence-corrected chi connectivity index (χ0v) is 60.7. The van der Waals surface area contributed by atoms with Crippen molar-refractivity contribution in [2.45, 2.75) is 399 Å². The van der Waals surface area contributed by atoms with E-state index < -0.39 is 33.6 Å². The topological polar surface area (TPSA) is 185 Å². The average molecular weight is 1280 g/mol. The summed E-state index contributed by atoms with van der Waals surface area (Å²) in [7, 11) is 0. The summed E-state index contributed by atoms with van der Waals surface area (Å²) in [5.41, 5.74) is -2.63. The van der Waals surface area contributed by atoms with Gasteiger partial charge in [0.25, 0.3) is 0 Å². The zero-order valence-electron chi connectivity index (χ0n) is 60.7. The number of fused-ring (bicyclic) bond motifs is 10. The molecule has 0 aromatic rings. The van der Waals surface area contributed by atoms with Gasteiger partial charge in [-0.25, -0.2) is 0 Å². The molecule has 10 aliphatic heterocycles. The van der Waals surface area contributed by atoms with Crippen molar-refractivity contribution in [3.8, 4) is 0 Å². The Balaban J connectivity index is 0.000000177. The van der Waals surface area contributed by atoms with Crippen molar-refractivity contribution in [3.05, 3.63) is 0 Å². The number of ether oxygens (including phenoxy) is 20. The van der Waals surface area contributed by atoms with Crippen LogP contribution in [0.3, 0.4) is 0 Å². The third-order valence-electron chi connectivity index (χ3n) is 18.4. The maximum Gasteiger partial charge on any atom is 0.146 e. The van der Waals surface area contributed by atoms with Crippen LogP contribution in [-0.2, 0) is 94.7 Å². The Morgan fingerprint density at radius 2 is 0.764 bits per heavy atom. The molecule has 20 nitrogen and oxygen atoms in total. The highest BCUT2D eigenvalue weighted by Gasteiger charge is 2.70. The smallest absolute Gasteiger partial charge is 0.146 e. The predicted molar refractivity (Wildman–Crippen MR) is 339 cm³/mol. The van der Waals surface area contributed by atoms with Crippen molar-refractivity contribution in [2.24, 2.45) is 0 Å². The van der Waals surface area contributed by atoms with Crippen molar-refractivity contribution in [3.63, 3.8) is 0 Å². The molecular weight excluding hydrogens is 1150 g/mol. The molecule has 0 aliphatic carbocycles. The third kappa shape index (κ3) is 17.1. The molecule has 23 atom stereocenters. The minimum absolute atomic E-state index is 0.00347. The molecule has 10 fully saturated rings. The van der Waals surface area contributed by atoms with Gasteiger partial charge in [-0.3, -0.25) is 0 Å². The van der Waals surface area contributed by atoms with Gasteiger partial charge in [-0.05, 0) is 201 Å². The summed E-state index contributed by atoms with van der Waals surface area (Å²) in [6.45, 7) is 63.1. The van der Waals surface area contributed by atoms with Crippen LogP contribution in [0.5, 0.6) is 0 Å². The number of hydrogen-bond acceptors (Lipinski definition) is 20. The van der Waals surface area contributed by atoms with Crippen molar-refractivity contribution in [1.29, 1.82) is 0 Å². The van der Waals surface area contributed by atoms with Gasteiger partial charge in [-0.15, -0.1) is 0 Å². The molecule has 0 aromatic heterocycles. The van der Waals surface area contributed by atoms with Gasteiger partial charge in [0.15, 0.2) is 0 Å². The summed E-state index contributed by atoms with van der Waals surface area (Å²) in [5, 5.41) is 0. The predicted octanol–water partition coefficient (Wildman–Crippen LogP) is 10.4. The van der Waals surface area contributed by atoms with E-state index in [1.807, 2.05) is 180 Å². The van der Waals surface area contributed by atoms with E-state index in [0.29, 0.717) is 46.2 Å². The Bertz CT molecular complexity index is 2020. The van der Waals surface area contributed by atoms with E-state index >= 15 is 0 Å². The normalized spacial score (nSPS) is 41.9. The molecular formula is C69H128O20. The number of hydrogen-bond donors (Lipinski definition) is 0. The van der Waals surface area contributed by atoms with E-state index in [0.717, 1.165) is 0 Å². The van der Waals surface area contributed by atoms with Crippen LogP contribution in [-0.4, -0.2) is 245 Å². The minimum atomic E-state index is -0.467. The molecule has 20 heteroatoms. The van der Waals surface area contributed by atoms with Crippen molar-refractivity contribution in [2.75, 3.05) is 46.2 Å². The van der Waals surface area contributed by atoms with Crippen LogP contribution >= 0.6 is 0 Å². The van der Waals surface area contributed by atoms with Crippen molar-refractivity contribution >= 4 is 0 Å². The molecule has 0 saturated carbocycles. The fourth-order valence-corrected chi connectivity index (χ4v) is 14.6. The first kappa shape index (κ1) is 77.2. The van der Waals surface area contributed by atoms with Crippen LogP contribution in [0.15, 0.2) is 0 Å². The van der Waals surface area contributed by atoms with E-state index in [4.69, 9.17) is 94.7 Å². The molecule has 10 aliphatic rings. The van der Waals surface area contributed by atoms with Gasteiger partial charge < -0.3 is 94.7 Å². The summed E-state index contributed by atoms with van der Waals surface area (Å²) >= 11 is 0. The van der Waals surface area contributed by atoms with Crippen LogP contribution in [0.4, 0.5) is 0 Å². The molecule has 1 unspecified atom stereocenters. The Kier molecular flexibility index (Phi) is 27.4. The first-order valence-electron chi connectivity index (χ1n) is 34.3. The lowest BCUT2D eigenvalue weighted by atomic mass is 9.85. The Morgan fingerprint density at radius 1 is 0.360 bits per heavy atom. The maximum absolute atomic E-state index is 6.16. The number of rotatable bonds is 25. The Morgan fingerprint density at radius 3 is 1.18 bits per heavy atom. The second-order valence-electron chi connectivity index (χ2n) is 29.8. The molecule has 10 heterocycles. The van der Waals surface area contributed by atoms with Gasteiger partial charge in [0.1, 0.15) is 88.5 Å². The average Bonchev–Trinajstić information content (AvgIpc) is 1.60. The second-order valence-corrected chi connectivity index (χ2v) is 29.8. The minimum Gasteiger partial charge on any atom is -0.376 e. The van der Waals surface area contributed by atoms with Crippen LogP contribution in [0.25, 0.3) is 0 Å². The second kappa shape index (κ2) is 31.6. The van der Waals surface area contributed by atoms with Gasteiger partial charge in [0.05, 0.1) is 156 Å². The lowest BCUT2D eigenvalue weighted by Gasteiger charge is -2.38. The SMILES string of the molecule is CC(C)OC[C@@]12O[C@@H](C)[C@@H](OC1C)[C@H]2OC(C)C.CC(C)OC[C@]12CO[C@H]([C@H](C)O1)[C@@]2(C)OC(C)C.CC(C)OC[C@]12CO[C@H]([C@H](C)O1)[C@H]2OC(C)C.CC(C)O[C@@H](C)[C@]12CO[C@H]([C@H](C)O1)[C@H]2OC(C)C.CC(C)O[C@@H]1[C@@H]2OC[C@@]1([C@@H](C)OC(C)C)O[C@H]2C. The lowest BCUT2D eigenvalue weighted by molar-refractivity contribution is -0.204. The van der Waals surface area contributed by atoms with Crippen LogP contribution in [0, 0.1) is 0 Å². The summed E-state index contributed by atoms with van der Waals surface area (Å²) in [4.78, 5) is 0. The Labute approximate surface area is 538 Å². The highest BCUT2D eigenvalue weighted by atomic mass is 16.7. The van der Waals surface area contributed by atoms with Gasteiger partial charge >= 0.3 is 0 Å². The van der Waals surface area contributed by atoms with Gasteiger partial charge in [-0.1, -0.05) is 0 Å². The molecule has 89 heavy (non-hydrogen) atoms. The zero-order chi connectivity index (χ0) is 66.7. The molecule has 10 saturated heterocycles. The first-order valence-corrected chi connectivity index (χ1v) is 34.3.